The minimum atomic E-state index is -0.401. The number of rotatable bonds is 4. The van der Waals surface area contributed by atoms with E-state index in [9.17, 15) is 0 Å². The first-order valence-corrected chi connectivity index (χ1v) is 7.03. The monoisotopic (exact) mass is 290 g/mol. The predicted octanol–water partition coefficient (Wildman–Crippen LogP) is 1.29. The van der Waals surface area contributed by atoms with Crippen molar-refractivity contribution in [2.45, 2.75) is 38.9 Å². The fraction of sp³-hybridized carbons (Fsp3) is 0.571. The molecule has 0 amide bonds. The summed E-state index contributed by atoms with van der Waals surface area (Å²) in [5, 5.41) is 3.13. The zero-order valence-corrected chi connectivity index (χ0v) is 13.3. The average molecular weight is 290 g/mol. The van der Waals surface area contributed by atoms with Gasteiger partial charge in [-0.3, -0.25) is 4.98 Å². The molecule has 0 aromatic carbocycles. The van der Waals surface area contributed by atoms with Gasteiger partial charge in [0.15, 0.2) is 0 Å². The summed E-state index contributed by atoms with van der Waals surface area (Å²) in [7, 11) is 1.48. The molecule has 0 atom stereocenters. The number of hydrogen-bond acceptors (Lipinski definition) is 6. The van der Waals surface area contributed by atoms with Gasteiger partial charge in [0, 0.05) is 6.54 Å². The molecule has 21 heavy (non-hydrogen) atoms. The van der Waals surface area contributed by atoms with Gasteiger partial charge in [0.2, 0.25) is 0 Å². The second-order valence-corrected chi connectivity index (χ2v) is 6.20. The van der Waals surface area contributed by atoms with Crippen LogP contribution in [0.5, 0.6) is 0 Å². The lowest BCUT2D eigenvalue weighted by molar-refractivity contribution is 0.00578. The normalized spacial score (nSPS) is 20.8. The largest absolute Gasteiger partial charge is 0.491 e. The Morgan fingerprint density at radius 2 is 1.86 bits per heavy atom. The highest BCUT2D eigenvalue weighted by Gasteiger charge is 2.52. The van der Waals surface area contributed by atoms with Crippen molar-refractivity contribution in [2.24, 2.45) is 0 Å². The Hall–Kier alpha value is -1.44. The van der Waals surface area contributed by atoms with Crippen LogP contribution in [0.1, 0.15) is 33.4 Å². The summed E-state index contributed by atoms with van der Waals surface area (Å²) in [6, 6.07) is 0. The zero-order chi connectivity index (χ0) is 15.7. The SMILES string of the molecule is CNCC(=Cc1cnc(N)cn1)B1OC(C)(C)C(C)(C)O1. The molecule has 0 radical (unpaired) electrons. The molecule has 3 N–H and O–H groups in total. The van der Waals surface area contributed by atoms with Gasteiger partial charge in [-0.1, -0.05) is 0 Å². The lowest BCUT2D eigenvalue weighted by Crippen LogP contribution is -2.41. The molecule has 6 nitrogen and oxygen atoms in total. The number of hydrogen-bond donors (Lipinski definition) is 2. The summed E-state index contributed by atoms with van der Waals surface area (Å²) >= 11 is 0. The van der Waals surface area contributed by atoms with Crippen LogP contribution in [0, 0.1) is 0 Å². The van der Waals surface area contributed by atoms with Crippen LogP contribution < -0.4 is 11.1 Å². The fourth-order valence-corrected chi connectivity index (χ4v) is 2.01. The Labute approximate surface area is 126 Å². The minimum absolute atomic E-state index is 0.364. The number of likely N-dealkylation sites (N-methyl/N-ethyl adjacent to an activating group) is 1. The average Bonchev–Trinajstić information content (AvgIpc) is 2.60. The highest BCUT2D eigenvalue weighted by molar-refractivity contribution is 6.55. The van der Waals surface area contributed by atoms with Crippen molar-refractivity contribution in [1.29, 1.82) is 0 Å². The Morgan fingerprint density at radius 1 is 1.24 bits per heavy atom. The van der Waals surface area contributed by atoms with Crippen molar-refractivity contribution in [3.63, 3.8) is 0 Å². The van der Waals surface area contributed by atoms with Gasteiger partial charge in [0.05, 0.1) is 29.3 Å². The van der Waals surface area contributed by atoms with E-state index in [-0.39, 0.29) is 11.2 Å². The molecule has 0 aliphatic carbocycles. The molecule has 0 bridgehead atoms. The third-order valence-corrected chi connectivity index (χ3v) is 3.96. The van der Waals surface area contributed by atoms with E-state index in [1.54, 1.807) is 6.20 Å². The van der Waals surface area contributed by atoms with Crippen molar-refractivity contribution in [3.8, 4) is 0 Å². The molecule has 7 heteroatoms. The van der Waals surface area contributed by atoms with Crippen LogP contribution in [0.4, 0.5) is 5.82 Å². The number of aromatic nitrogens is 2. The molecule has 1 aromatic heterocycles. The third kappa shape index (κ3) is 3.43. The molecule has 0 spiro atoms. The lowest BCUT2D eigenvalue weighted by Gasteiger charge is -2.32. The number of nitrogens with one attached hydrogen (secondary N) is 1. The van der Waals surface area contributed by atoms with Gasteiger partial charge in [-0.25, -0.2) is 4.98 Å². The van der Waals surface area contributed by atoms with E-state index in [4.69, 9.17) is 15.0 Å². The van der Waals surface area contributed by atoms with Gasteiger partial charge >= 0.3 is 7.12 Å². The first kappa shape index (κ1) is 15.9. The summed E-state index contributed by atoms with van der Waals surface area (Å²) in [5.74, 6) is 0.401. The van der Waals surface area contributed by atoms with E-state index < -0.39 is 7.12 Å². The Morgan fingerprint density at radius 3 is 2.33 bits per heavy atom. The van der Waals surface area contributed by atoms with E-state index in [1.165, 1.54) is 6.20 Å². The Balaban J connectivity index is 2.26. The molecular formula is C14H23BN4O2. The van der Waals surface area contributed by atoms with E-state index in [0.29, 0.717) is 12.4 Å². The summed E-state index contributed by atoms with van der Waals surface area (Å²) in [4.78, 5) is 8.29. The molecule has 114 valence electrons. The second-order valence-electron chi connectivity index (χ2n) is 6.20. The van der Waals surface area contributed by atoms with Gasteiger partial charge in [0.25, 0.3) is 0 Å². The van der Waals surface area contributed by atoms with Gasteiger partial charge in [-0.05, 0) is 46.3 Å². The van der Waals surface area contributed by atoms with E-state index >= 15 is 0 Å². The highest BCUT2D eigenvalue weighted by atomic mass is 16.7. The van der Waals surface area contributed by atoms with Crippen molar-refractivity contribution in [3.05, 3.63) is 23.6 Å². The smallest absolute Gasteiger partial charge is 0.400 e. The van der Waals surface area contributed by atoms with Crippen molar-refractivity contribution in [1.82, 2.24) is 15.3 Å². The van der Waals surface area contributed by atoms with Crippen LogP contribution in [0.15, 0.2) is 17.9 Å². The van der Waals surface area contributed by atoms with Gasteiger partial charge < -0.3 is 20.4 Å². The van der Waals surface area contributed by atoms with Crippen molar-refractivity contribution in [2.75, 3.05) is 19.3 Å². The first-order valence-electron chi connectivity index (χ1n) is 7.03. The molecule has 1 fully saturated rings. The molecule has 1 aliphatic heterocycles. The van der Waals surface area contributed by atoms with E-state index in [1.807, 2.05) is 40.8 Å². The fourth-order valence-electron chi connectivity index (χ4n) is 2.01. The summed E-state index contributed by atoms with van der Waals surface area (Å²) < 4.78 is 12.1. The third-order valence-electron chi connectivity index (χ3n) is 3.96. The van der Waals surface area contributed by atoms with Crippen LogP contribution in [0.25, 0.3) is 6.08 Å². The lowest BCUT2D eigenvalue weighted by atomic mass is 9.77. The topological polar surface area (TPSA) is 82.3 Å². The number of nitrogens with zero attached hydrogens (tertiary/aromatic N) is 2. The molecule has 1 aromatic rings. The summed E-state index contributed by atoms with van der Waals surface area (Å²) in [5.41, 5.74) is 6.52. The van der Waals surface area contributed by atoms with E-state index in [2.05, 4.69) is 15.3 Å². The zero-order valence-electron chi connectivity index (χ0n) is 13.3. The quantitative estimate of drug-likeness (QED) is 0.813. The van der Waals surface area contributed by atoms with Crippen LogP contribution in [0.2, 0.25) is 0 Å². The number of nitrogens with two attached hydrogens (primary N) is 1. The maximum absolute atomic E-state index is 6.07. The van der Waals surface area contributed by atoms with Gasteiger partial charge in [0.1, 0.15) is 5.82 Å². The Bertz CT molecular complexity index is 512. The first-order chi connectivity index (χ1) is 9.75. The summed E-state index contributed by atoms with van der Waals surface area (Å²) in [6.45, 7) is 8.78. The van der Waals surface area contributed by atoms with E-state index in [0.717, 1.165) is 11.2 Å². The van der Waals surface area contributed by atoms with Crippen LogP contribution in [-0.4, -0.2) is 41.9 Å². The highest BCUT2D eigenvalue weighted by Crippen LogP contribution is 2.38. The second kappa shape index (κ2) is 5.75. The number of nitrogen functional groups attached to an aromatic ring is 1. The minimum Gasteiger partial charge on any atom is -0.400 e. The maximum Gasteiger partial charge on any atom is 0.491 e. The van der Waals surface area contributed by atoms with Gasteiger partial charge in [-0.15, -0.1) is 0 Å². The van der Waals surface area contributed by atoms with Crippen molar-refractivity contribution < 1.29 is 9.31 Å². The molecule has 2 heterocycles. The van der Waals surface area contributed by atoms with Crippen molar-refractivity contribution >= 4 is 19.0 Å². The molecule has 0 unspecified atom stereocenters. The van der Waals surface area contributed by atoms with Crippen LogP contribution in [0.3, 0.4) is 0 Å². The predicted molar refractivity (Wildman–Crippen MR) is 84.4 cm³/mol. The molecule has 0 saturated carbocycles. The summed E-state index contributed by atoms with van der Waals surface area (Å²) in [6.07, 6.45) is 5.09. The van der Waals surface area contributed by atoms with Crippen LogP contribution in [-0.2, 0) is 9.31 Å². The molecule has 2 rings (SSSR count). The molecular weight excluding hydrogens is 267 g/mol. The van der Waals surface area contributed by atoms with Crippen LogP contribution >= 0.6 is 0 Å². The number of anilines is 1. The maximum atomic E-state index is 6.07. The standard InChI is InChI=1S/C14H23BN4O2/c1-13(2)14(3,4)21-15(20-13)10(7-17-5)6-11-8-19-12(16)9-18-11/h6,8-9,17H,7H2,1-5H3,(H2,16,19). The molecule has 1 saturated heterocycles. The Kier molecular flexibility index (Phi) is 4.36. The van der Waals surface area contributed by atoms with Gasteiger partial charge in [-0.2, -0.15) is 0 Å². The molecule has 1 aliphatic rings.